The summed E-state index contributed by atoms with van der Waals surface area (Å²) >= 11 is 7.08. The summed E-state index contributed by atoms with van der Waals surface area (Å²) in [6.07, 6.45) is -1.64. The summed E-state index contributed by atoms with van der Waals surface area (Å²) in [5.74, 6) is -1.40. The van der Waals surface area contributed by atoms with Gasteiger partial charge in [-0.2, -0.15) is 0 Å². The van der Waals surface area contributed by atoms with Crippen molar-refractivity contribution in [2.45, 2.75) is 6.10 Å². The Hall–Kier alpha value is -1.90. The number of anilines is 1. The van der Waals surface area contributed by atoms with Crippen LogP contribution in [0.1, 0.15) is 0 Å². The van der Waals surface area contributed by atoms with Gasteiger partial charge in [0.25, 0.3) is 0 Å². The van der Waals surface area contributed by atoms with Crippen LogP contribution in [0.3, 0.4) is 0 Å². The number of aromatic nitrogens is 1. The normalized spacial score (nSPS) is 12.1. The standard InChI is InChI=1S/C11H10ClN3O4S/c12-5-1-2-6-8(3-5)20-11(14-6)15-10(19)13-4-7(16)9(17)18/h1-3,7,16H,4H2,(H,17,18)(H2,13,14,15,19). The first-order valence-corrected chi connectivity index (χ1v) is 6.67. The topological polar surface area (TPSA) is 112 Å². The molecule has 106 valence electrons. The third kappa shape index (κ3) is 3.56. The minimum Gasteiger partial charge on any atom is -0.479 e. The van der Waals surface area contributed by atoms with Crippen molar-refractivity contribution in [1.82, 2.24) is 10.3 Å². The van der Waals surface area contributed by atoms with Crippen LogP contribution in [0, 0.1) is 0 Å². The molecule has 7 nitrogen and oxygen atoms in total. The number of fused-ring (bicyclic) bond motifs is 1. The molecule has 1 heterocycles. The van der Waals surface area contributed by atoms with Crippen LogP contribution in [0.2, 0.25) is 5.02 Å². The summed E-state index contributed by atoms with van der Waals surface area (Å²) in [4.78, 5) is 26.0. The Bertz CT molecular complexity index is 660. The molecule has 1 aromatic carbocycles. The van der Waals surface area contributed by atoms with Crippen molar-refractivity contribution >= 4 is 50.3 Å². The van der Waals surface area contributed by atoms with Gasteiger partial charge in [0.05, 0.1) is 16.8 Å². The Kier molecular flexibility index (Phi) is 4.38. The van der Waals surface area contributed by atoms with Gasteiger partial charge in [0.15, 0.2) is 11.2 Å². The van der Waals surface area contributed by atoms with Crippen LogP contribution in [0.4, 0.5) is 9.93 Å². The molecule has 2 aromatic rings. The molecule has 0 fully saturated rings. The highest BCUT2D eigenvalue weighted by Gasteiger charge is 2.14. The highest BCUT2D eigenvalue weighted by atomic mass is 35.5. The lowest BCUT2D eigenvalue weighted by Crippen LogP contribution is -2.38. The lowest BCUT2D eigenvalue weighted by atomic mass is 10.3. The third-order valence-electron chi connectivity index (χ3n) is 2.31. The fraction of sp³-hybridized carbons (Fsp3) is 0.182. The van der Waals surface area contributed by atoms with Gasteiger partial charge in [-0.1, -0.05) is 22.9 Å². The van der Waals surface area contributed by atoms with Crippen LogP contribution in [0.25, 0.3) is 10.2 Å². The molecule has 1 aromatic heterocycles. The quantitative estimate of drug-likeness (QED) is 0.683. The first-order chi connectivity index (χ1) is 9.45. The fourth-order valence-electron chi connectivity index (χ4n) is 1.37. The summed E-state index contributed by atoms with van der Waals surface area (Å²) in [5, 5.41) is 23.1. The smallest absolute Gasteiger partial charge is 0.334 e. The number of aliphatic hydroxyl groups excluding tert-OH is 1. The van der Waals surface area contributed by atoms with E-state index in [4.69, 9.17) is 21.8 Å². The number of carbonyl (C=O) groups is 2. The monoisotopic (exact) mass is 315 g/mol. The lowest BCUT2D eigenvalue weighted by Gasteiger charge is -2.07. The summed E-state index contributed by atoms with van der Waals surface area (Å²) in [7, 11) is 0. The van der Waals surface area contributed by atoms with E-state index in [1.54, 1.807) is 18.2 Å². The van der Waals surface area contributed by atoms with Crippen molar-refractivity contribution in [2.75, 3.05) is 11.9 Å². The van der Waals surface area contributed by atoms with Crippen LogP contribution in [-0.2, 0) is 4.79 Å². The number of urea groups is 1. The van der Waals surface area contributed by atoms with E-state index < -0.39 is 24.6 Å². The Morgan fingerprint density at radius 2 is 2.20 bits per heavy atom. The van der Waals surface area contributed by atoms with E-state index in [9.17, 15) is 9.59 Å². The van der Waals surface area contributed by atoms with E-state index in [0.29, 0.717) is 15.7 Å². The number of thiazole rings is 1. The number of hydrogen-bond acceptors (Lipinski definition) is 5. The number of carboxylic acid groups (broad SMARTS) is 1. The van der Waals surface area contributed by atoms with Gasteiger partial charge in [-0.05, 0) is 18.2 Å². The van der Waals surface area contributed by atoms with Gasteiger partial charge in [0.2, 0.25) is 0 Å². The molecule has 9 heteroatoms. The summed E-state index contributed by atoms with van der Waals surface area (Å²) in [6, 6.07) is 4.50. The van der Waals surface area contributed by atoms with Gasteiger partial charge >= 0.3 is 12.0 Å². The van der Waals surface area contributed by atoms with Crippen LogP contribution >= 0.6 is 22.9 Å². The minimum atomic E-state index is -1.64. The molecule has 2 rings (SSSR count). The van der Waals surface area contributed by atoms with Crippen molar-refractivity contribution in [3.63, 3.8) is 0 Å². The Morgan fingerprint density at radius 1 is 1.45 bits per heavy atom. The second kappa shape index (κ2) is 6.04. The van der Waals surface area contributed by atoms with E-state index in [1.807, 2.05) is 0 Å². The molecule has 0 bridgehead atoms. The van der Waals surface area contributed by atoms with Crippen molar-refractivity contribution in [3.05, 3.63) is 23.2 Å². The summed E-state index contributed by atoms with van der Waals surface area (Å²) < 4.78 is 0.818. The number of halogens is 1. The molecule has 0 aliphatic carbocycles. The minimum absolute atomic E-state index is 0.351. The van der Waals surface area contributed by atoms with Crippen LogP contribution in [0.15, 0.2) is 18.2 Å². The first-order valence-electron chi connectivity index (χ1n) is 5.47. The maximum atomic E-state index is 11.5. The number of benzene rings is 1. The highest BCUT2D eigenvalue weighted by molar-refractivity contribution is 7.22. The maximum absolute atomic E-state index is 11.5. The van der Waals surface area contributed by atoms with E-state index in [2.05, 4.69) is 15.6 Å². The zero-order valence-electron chi connectivity index (χ0n) is 9.96. The van der Waals surface area contributed by atoms with Crippen molar-refractivity contribution < 1.29 is 19.8 Å². The Labute approximate surface area is 122 Å². The first kappa shape index (κ1) is 14.5. The predicted octanol–water partition coefficient (Wildman–Crippen LogP) is 1.52. The van der Waals surface area contributed by atoms with E-state index in [-0.39, 0.29) is 0 Å². The van der Waals surface area contributed by atoms with Gasteiger partial charge in [-0.25, -0.2) is 14.6 Å². The van der Waals surface area contributed by atoms with Crippen LogP contribution in [0.5, 0.6) is 0 Å². The second-order valence-electron chi connectivity index (χ2n) is 3.82. The zero-order chi connectivity index (χ0) is 14.7. The average Bonchev–Trinajstić information content (AvgIpc) is 2.76. The van der Waals surface area contributed by atoms with Gasteiger partial charge < -0.3 is 15.5 Å². The van der Waals surface area contributed by atoms with Gasteiger partial charge in [-0.15, -0.1) is 0 Å². The molecule has 4 N–H and O–H groups in total. The molecule has 20 heavy (non-hydrogen) atoms. The molecule has 0 saturated carbocycles. The SMILES string of the molecule is O=C(NCC(O)C(=O)O)Nc1nc2ccc(Cl)cc2s1. The molecular formula is C11H10ClN3O4S. The highest BCUT2D eigenvalue weighted by Crippen LogP contribution is 2.28. The molecule has 2 amide bonds. The molecular weight excluding hydrogens is 306 g/mol. The number of nitrogens with one attached hydrogen (secondary N) is 2. The third-order valence-corrected chi connectivity index (χ3v) is 3.48. The number of aliphatic carboxylic acids is 1. The van der Waals surface area contributed by atoms with Gasteiger partial charge in [-0.3, -0.25) is 5.32 Å². The van der Waals surface area contributed by atoms with Crippen molar-refractivity contribution in [3.8, 4) is 0 Å². The van der Waals surface area contributed by atoms with Crippen molar-refractivity contribution in [1.29, 1.82) is 0 Å². The number of carbonyl (C=O) groups excluding carboxylic acids is 1. The average molecular weight is 316 g/mol. The van der Waals surface area contributed by atoms with Crippen LogP contribution in [-0.4, -0.2) is 39.8 Å². The molecule has 0 aliphatic heterocycles. The van der Waals surface area contributed by atoms with Gasteiger partial charge in [0.1, 0.15) is 0 Å². The van der Waals surface area contributed by atoms with E-state index in [1.165, 1.54) is 11.3 Å². The summed E-state index contributed by atoms with van der Waals surface area (Å²) in [6.45, 7) is -0.391. The molecule has 0 saturated heterocycles. The predicted molar refractivity (Wildman–Crippen MR) is 75.3 cm³/mol. The van der Waals surface area contributed by atoms with Gasteiger partial charge in [0, 0.05) is 5.02 Å². The molecule has 0 radical (unpaired) electrons. The molecule has 0 spiro atoms. The lowest BCUT2D eigenvalue weighted by molar-refractivity contribution is -0.146. The van der Waals surface area contributed by atoms with E-state index in [0.717, 1.165) is 4.70 Å². The largest absolute Gasteiger partial charge is 0.479 e. The Balaban J connectivity index is 1.97. The fourth-order valence-corrected chi connectivity index (χ4v) is 2.51. The number of aliphatic hydroxyl groups is 1. The number of rotatable bonds is 4. The molecule has 1 atom stereocenters. The number of nitrogens with zero attached hydrogens (tertiary/aromatic N) is 1. The number of amides is 2. The summed E-state index contributed by atoms with van der Waals surface area (Å²) in [5.41, 5.74) is 0.695. The number of carboxylic acids is 1. The Morgan fingerprint density at radius 3 is 2.90 bits per heavy atom. The second-order valence-corrected chi connectivity index (χ2v) is 5.29. The molecule has 0 aliphatic rings. The van der Waals surface area contributed by atoms with Crippen molar-refractivity contribution in [2.24, 2.45) is 0 Å². The van der Waals surface area contributed by atoms with E-state index >= 15 is 0 Å². The maximum Gasteiger partial charge on any atom is 0.334 e. The van der Waals surface area contributed by atoms with Crippen LogP contribution < -0.4 is 10.6 Å². The zero-order valence-corrected chi connectivity index (χ0v) is 11.5. The molecule has 1 unspecified atom stereocenters. The number of hydrogen-bond donors (Lipinski definition) is 4.